The molecular formula is C22H28N4O5S. The minimum absolute atomic E-state index is 0.0131. The van der Waals surface area contributed by atoms with Crippen LogP contribution in [0.5, 0.6) is 0 Å². The molecule has 0 spiro atoms. The first kappa shape index (κ1) is 25.0. The van der Waals surface area contributed by atoms with Crippen molar-refractivity contribution in [2.75, 3.05) is 6.54 Å². The van der Waals surface area contributed by atoms with Gasteiger partial charge >= 0.3 is 0 Å². The lowest BCUT2D eigenvalue weighted by Crippen LogP contribution is -2.46. The maximum atomic E-state index is 12.8. The van der Waals surface area contributed by atoms with Crippen LogP contribution in [0.4, 0.5) is 0 Å². The van der Waals surface area contributed by atoms with Crippen LogP contribution in [0, 0.1) is 5.41 Å². The van der Waals surface area contributed by atoms with E-state index in [9.17, 15) is 13.2 Å². The van der Waals surface area contributed by atoms with E-state index in [1.165, 1.54) is 4.31 Å². The van der Waals surface area contributed by atoms with Crippen LogP contribution < -0.4 is 11.1 Å². The van der Waals surface area contributed by atoms with Crippen LogP contribution in [0.3, 0.4) is 0 Å². The largest absolute Gasteiger partial charge is 0.481 e. The number of sulfonamides is 1. The Morgan fingerprint density at radius 2 is 1.72 bits per heavy atom. The molecule has 5 N–H and O–H groups in total. The Hall–Kier alpha value is -3.24. The number of nitrogens with one attached hydrogen (secondary N) is 2. The van der Waals surface area contributed by atoms with Crippen molar-refractivity contribution in [2.45, 2.75) is 38.1 Å². The predicted molar refractivity (Wildman–Crippen MR) is 121 cm³/mol. The van der Waals surface area contributed by atoms with Crippen molar-refractivity contribution in [1.29, 1.82) is 5.41 Å². The summed E-state index contributed by atoms with van der Waals surface area (Å²) in [5, 5.41) is 17.6. The summed E-state index contributed by atoms with van der Waals surface area (Å²) in [5.74, 6) is -1.24. The Labute approximate surface area is 187 Å². The number of rotatable bonds is 7. The first-order chi connectivity index (χ1) is 15.1. The van der Waals surface area contributed by atoms with Crippen molar-refractivity contribution < 1.29 is 23.1 Å². The average molecular weight is 461 g/mol. The molecule has 1 heterocycles. The van der Waals surface area contributed by atoms with E-state index < -0.39 is 22.0 Å². The number of hydrogen-bond donors (Lipinski definition) is 4. The number of hydrogen-bond acceptors (Lipinski definition) is 5. The van der Waals surface area contributed by atoms with Gasteiger partial charge in [0.15, 0.2) is 0 Å². The van der Waals surface area contributed by atoms with Gasteiger partial charge in [-0.3, -0.25) is 15.0 Å². The lowest BCUT2D eigenvalue weighted by molar-refractivity contribution is -0.134. The van der Waals surface area contributed by atoms with Crippen molar-refractivity contribution in [3.63, 3.8) is 0 Å². The molecule has 1 fully saturated rings. The van der Waals surface area contributed by atoms with E-state index in [0.29, 0.717) is 37.1 Å². The van der Waals surface area contributed by atoms with Crippen molar-refractivity contribution >= 4 is 27.7 Å². The number of nitrogens with zero attached hydrogens (tertiary/aromatic N) is 1. The summed E-state index contributed by atoms with van der Waals surface area (Å²) >= 11 is 0. The normalized spacial score (nSPS) is 16.0. The van der Waals surface area contributed by atoms with Gasteiger partial charge in [-0.15, -0.1) is 0 Å². The number of aliphatic carboxylic acids is 1. The molecule has 172 valence electrons. The number of carboxylic acid groups (broad SMARTS) is 1. The number of benzene rings is 2. The second kappa shape index (κ2) is 11.4. The van der Waals surface area contributed by atoms with Gasteiger partial charge in [-0.25, -0.2) is 8.42 Å². The molecule has 2 aromatic rings. The molecule has 1 amide bonds. The van der Waals surface area contributed by atoms with Crippen LogP contribution in [-0.2, 0) is 31.9 Å². The van der Waals surface area contributed by atoms with Gasteiger partial charge in [0.1, 0.15) is 11.9 Å². The first-order valence-electron chi connectivity index (χ1n) is 10.0. The van der Waals surface area contributed by atoms with Crippen LogP contribution in [-0.4, -0.2) is 48.1 Å². The molecule has 1 aliphatic rings. The summed E-state index contributed by atoms with van der Waals surface area (Å²) in [4.78, 5) is 21.6. The Morgan fingerprint density at radius 3 is 2.28 bits per heavy atom. The molecule has 9 nitrogen and oxygen atoms in total. The Morgan fingerprint density at radius 1 is 1.12 bits per heavy atom. The molecule has 0 aliphatic carbocycles. The third-order valence-electron chi connectivity index (χ3n) is 4.79. The Bertz CT molecular complexity index is 1040. The molecule has 0 bridgehead atoms. The summed E-state index contributed by atoms with van der Waals surface area (Å²) in [5.41, 5.74) is 7.61. The highest BCUT2D eigenvalue weighted by Gasteiger charge is 2.38. The molecule has 10 heteroatoms. The van der Waals surface area contributed by atoms with Crippen LogP contribution in [0.2, 0.25) is 0 Å². The van der Waals surface area contributed by atoms with Gasteiger partial charge in [-0.05, 0) is 24.0 Å². The van der Waals surface area contributed by atoms with E-state index in [1.807, 2.05) is 6.07 Å². The zero-order valence-corrected chi connectivity index (χ0v) is 18.6. The third-order valence-corrected chi connectivity index (χ3v) is 6.64. The van der Waals surface area contributed by atoms with Crippen molar-refractivity contribution in [2.24, 2.45) is 5.73 Å². The molecule has 3 rings (SSSR count). The minimum atomic E-state index is -3.57. The van der Waals surface area contributed by atoms with Crippen LogP contribution >= 0.6 is 0 Å². The zero-order chi connectivity index (χ0) is 23.7. The van der Waals surface area contributed by atoms with Crippen molar-refractivity contribution in [3.8, 4) is 0 Å². The maximum Gasteiger partial charge on any atom is 0.300 e. The molecule has 0 unspecified atom stereocenters. The molecule has 32 heavy (non-hydrogen) atoms. The van der Waals surface area contributed by atoms with E-state index in [0.717, 1.165) is 12.5 Å². The standard InChI is InChI=1S/C20H24N4O3S.C2H4O2/c21-19(22)17-10-8-15(9-11-17)13-23-20(25)18-7-4-12-24(18)28(26,27)14-16-5-2-1-3-6-16;1-2(3)4/h1-3,5-6,8-11,18H,4,7,12-14H2,(H3,21,22)(H,23,25);1H3,(H,3,4)/t18-;/m0./s1. The second-order valence-electron chi connectivity index (χ2n) is 7.36. The molecule has 2 aromatic carbocycles. The SMILES string of the molecule is CC(=O)O.N=C(N)c1ccc(CNC(=O)[C@@H]2CCCN2S(=O)(=O)Cc2ccccc2)cc1. The minimum Gasteiger partial charge on any atom is -0.481 e. The number of amides is 1. The average Bonchev–Trinajstić information content (AvgIpc) is 3.23. The first-order valence-corrected chi connectivity index (χ1v) is 11.6. The molecule has 0 aromatic heterocycles. The monoisotopic (exact) mass is 460 g/mol. The van der Waals surface area contributed by atoms with E-state index in [4.69, 9.17) is 21.0 Å². The predicted octanol–water partition coefficient (Wildman–Crippen LogP) is 1.67. The van der Waals surface area contributed by atoms with Crippen molar-refractivity contribution in [3.05, 3.63) is 71.3 Å². The molecular weight excluding hydrogens is 432 g/mol. The lowest BCUT2D eigenvalue weighted by Gasteiger charge is -2.23. The summed E-state index contributed by atoms with van der Waals surface area (Å²) in [6.07, 6.45) is 1.18. The van der Waals surface area contributed by atoms with Crippen LogP contribution in [0.1, 0.15) is 36.5 Å². The van der Waals surface area contributed by atoms with Gasteiger partial charge in [-0.1, -0.05) is 54.6 Å². The number of nitrogens with two attached hydrogens (primary N) is 1. The van der Waals surface area contributed by atoms with E-state index in [-0.39, 0.29) is 17.5 Å². The fourth-order valence-electron chi connectivity index (χ4n) is 3.31. The highest BCUT2D eigenvalue weighted by atomic mass is 32.2. The highest BCUT2D eigenvalue weighted by molar-refractivity contribution is 7.88. The van der Waals surface area contributed by atoms with Gasteiger partial charge in [0.25, 0.3) is 5.97 Å². The molecule has 0 saturated carbocycles. The van der Waals surface area contributed by atoms with Gasteiger partial charge in [0.2, 0.25) is 15.9 Å². The smallest absolute Gasteiger partial charge is 0.300 e. The Kier molecular flexibility index (Phi) is 8.91. The van der Waals surface area contributed by atoms with Gasteiger partial charge < -0.3 is 16.2 Å². The summed E-state index contributed by atoms with van der Waals surface area (Å²) in [6, 6.07) is 15.3. The zero-order valence-electron chi connectivity index (χ0n) is 17.8. The van der Waals surface area contributed by atoms with Crippen LogP contribution in [0.25, 0.3) is 0 Å². The van der Waals surface area contributed by atoms with E-state index in [2.05, 4.69) is 5.32 Å². The topological polar surface area (TPSA) is 154 Å². The number of carboxylic acids is 1. The van der Waals surface area contributed by atoms with Gasteiger partial charge in [0, 0.05) is 25.6 Å². The van der Waals surface area contributed by atoms with Crippen LogP contribution in [0.15, 0.2) is 54.6 Å². The molecule has 1 aliphatic heterocycles. The van der Waals surface area contributed by atoms with E-state index in [1.54, 1.807) is 48.5 Å². The molecule has 1 saturated heterocycles. The Balaban J connectivity index is 0.000000837. The van der Waals surface area contributed by atoms with Gasteiger partial charge in [0.05, 0.1) is 5.75 Å². The quantitative estimate of drug-likeness (QED) is 0.364. The fourth-order valence-corrected chi connectivity index (χ4v) is 5.09. The van der Waals surface area contributed by atoms with Gasteiger partial charge in [-0.2, -0.15) is 4.31 Å². The molecule has 1 atom stereocenters. The molecule has 0 radical (unpaired) electrons. The van der Waals surface area contributed by atoms with E-state index >= 15 is 0 Å². The highest BCUT2D eigenvalue weighted by Crippen LogP contribution is 2.24. The summed E-state index contributed by atoms with van der Waals surface area (Å²) in [7, 11) is -3.57. The third kappa shape index (κ3) is 7.47. The lowest BCUT2D eigenvalue weighted by atomic mass is 10.1. The summed E-state index contributed by atoms with van der Waals surface area (Å²) in [6.45, 7) is 1.74. The maximum absolute atomic E-state index is 12.8. The van der Waals surface area contributed by atoms with Crippen molar-refractivity contribution in [1.82, 2.24) is 9.62 Å². The number of amidine groups is 1. The number of carbonyl (C=O) groups is 2. The summed E-state index contributed by atoms with van der Waals surface area (Å²) < 4.78 is 26.9. The number of nitrogen functional groups attached to an aromatic ring is 1. The fraction of sp³-hybridized carbons (Fsp3) is 0.318. The second-order valence-corrected chi connectivity index (χ2v) is 9.28. The number of carbonyl (C=O) groups excluding carboxylic acids is 1.